The summed E-state index contributed by atoms with van der Waals surface area (Å²) in [7, 11) is 1.62. The fourth-order valence-electron chi connectivity index (χ4n) is 3.97. The van der Waals surface area contributed by atoms with Gasteiger partial charge in [-0.1, -0.05) is 54.2 Å². The summed E-state index contributed by atoms with van der Waals surface area (Å²) in [4.78, 5) is 18.0. The van der Waals surface area contributed by atoms with Crippen LogP contribution in [-0.4, -0.2) is 24.9 Å². The van der Waals surface area contributed by atoms with E-state index in [4.69, 9.17) is 19.7 Å². The topological polar surface area (TPSA) is 83.7 Å². The Balaban J connectivity index is 1.76. The molecule has 0 saturated carbocycles. The second-order valence-corrected chi connectivity index (χ2v) is 8.69. The Kier molecular flexibility index (Phi) is 7.19. The van der Waals surface area contributed by atoms with Crippen molar-refractivity contribution in [3.63, 3.8) is 0 Å². The lowest BCUT2D eigenvalue weighted by atomic mass is 9.91. The maximum absolute atomic E-state index is 13.0. The summed E-state index contributed by atoms with van der Waals surface area (Å²) in [6.07, 6.45) is 0. The molecule has 3 aromatic carbocycles. The van der Waals surface area contributed by atoms with Crippen LogP contribution in [0.2, 0.25) is 0 Å². The Morgan fingerprint density at radius 3 is 2.62 bits per heavy atom. The first kappa shape index (κ1) is 23.4. The Labute approximate surface area is 203 Å². The smallest absolute Gasteiger partial charge is 0.338 e. The lowest BCUT2D eigenvalue weighted by molar-refractivity contribution is -0.138. The van der Waals surface area contributed by atoms with E-state index in [2.05, 4.69) is 11.4 Å². The molecule has 0 amide bonds. The van der Waals surface area contributed by atoms with Gasteiger partial charge in [-0.2, -0.15) is 5.26 Å². The van der Waals surface area contributed by atoms with E-state index in [0.29, 0.717) is 33.5 Å². The zero-order valence-electron chi connectivity index (χ0n) is 19.3. The molecule has 0 spiro atoms. The number of allylic oxidation sites excluding steroid dienone is 1. The summed E-state index contributed by atoms with van der Waals surface area (Å²) < 4.78 is 11.1. The predicted molar refractivity (Wildman–Crippen MR) is 136 cm³/mol. The largest absolute Gasteiger partial charge is 0.496 e. The molecule has 4 rings (SSSR count). The maximum atomic E-state index is 13.0. The summed E-state index contributed by atoms with van der Waals surface area (Å²) in [6, 6.07) is 21.0. The van der Waals surface area contributed by atoms with Crippen LogP contribution >= 0.6 is 11.8 Å². The number of amidine groups is 1. The number of nitriles is 1. The molecule has 0 aliphatic carbocycles. The third kappa shape index (κ3) is 4.78. The molecule has 1 aliphatic heterocycles. The van der Waals surface area contributed by atoms with Gasteiger partial charge >= 0.3 is 5.97 Å². The first-order chi connectivity index (χ1) is 16.5. The van der Waals surface area contributed by atoms with Crippen molar-refractivity contribution < 1.29 is 14.3 Å². The van der Waals surface area contributed by atoms with E-state index in [-0.39, 0.29) is 6.61 Å². The Morgan fingerprint density at radius 1 is 1.15 bits per heavy atom. The number of carbonyl (C=O) groups excluding carboxylic acids is 1. The first-order valence-electron chi connectivity index (χ1n) is 11.0. The van der Waals surface area contributed by atoms with Crippen molar-refractivity contribution in [2.45, 2.75) is 25.6 Å². The molecule has 6 nitrogen and oxygen atoms in total. The van der Waals surface area contributed by atoms with Crippen LogP contribution in [0.3, 0.4) is 0 Å². The molecule has 1 heterocycles. The van der Waals surface area contributed by atoms with Crippen molar-refractivity contribution in [2.24, 2.45) is 4.99 Å². The van der Waals surface area contributed by atoms with E-state index >= 15 is 0 Å². The highest BCUT2D eigenvalue weighted by molar-refractivity contribution is 8.13. The average molecular weight is 472 g/mol. The standard InChI is InChI=1S/C27H25N3O3S/c1-4-33-26(31)23-17(2)29-27(34-16-19-11-9-18(15-28)10-12-19)30-25(23)24-21-8-6-5-7-20(21)13-14-22(24)32-3/h5-14,25H,4,16H2,1-3H3,(H,29,30)/t25-/m1/s1. The number of nitrogens with zero attached hydrogens (tertiary/aromatic N) is 2. The second-order valence-electron chi connectivity index (χ2n) is 7.72. The van der Waals surface area contributed by atoms with Crippen molar-refractivity contribution >= 4 is 33.7 Å². The minimum atomic E-state index is -0.579. The summed E-state index contributed by atoms with van der Waals surface area (Å²) in [6.45, 7) is 3.94. The molecule has 0 unspecified atom stereocenters. The average Bonchev–Trinajstić information content (AvgIpc) is 2.86. The van der Waals surface area contributed by atoms with Crippen LogP contribution in [0, 0.1) is 11.3 Å². The number of esters is 1. The van der Waals surface area contributed by atoms with Gasteiger partial charge in [0.25, 0.3) is 0 Å². The number of ether oxygens (including phenoxy) is 2. The Bertz CT molecular complexity index is 1320. The van der Waals surface area contributed by atoms with Crippen LogP contribution in [0.25, 0.3) is 10.8 Å². The molecule has 0 saturated heterocycles. The van der Waals surface area contributed by atoms with Gasteiger partial charge in [-0.25, -0.2) is 9.79 Å². The van der Waals surface area contributed by atoms with Crippen LogP contribution in [-0.2, 0) is 15.3 Å². The number of rotatable bonds is 6. The van der Waals surface area contributed by atoms with Crippen molar-refractivity contribution in [3.05, 3.63) is 88.6 Å². The van der Waals surface area contributed by atoms with Crippen molar-refractivity contribution in [1.29, 1.82) is 5.26 Å². The lowest BCUT2D eigenvalue weighted by Crippen LogP contribution is -2.30. The van der Waals surface area contributed by atoms with Gasteiger partial charge in [0, 0.05) is 17.0 Å². The van der Waals surface area contributed by atoms with Gasteiger partial charge in [0.2, 0.25) is 0 Å². The van der Waals surface area contributed by atoms with E-state index < -0.39 is 12.0 Å². The van der Waals surface area contributed by atoms with Crippen LogP contribution in [0.4, 0.5) is 0 Å². The summed E-state index contributed by atoms with van der Waals surface area (Å²) in [5.41, 5.74) is 3.71. The fraction of sp³-hybridized carbons (Fsp3) is 0.222. The highest BCUT2D eigenvalue weighted by Crippen LogP contribution is 2.41. The first-order valence-corrected chi connectivity index (χ1v) is 11.9. The second kappa shape index (κ2) is 10.4. The molecule has 0 aromatic heterocycles. The fourth-order valence-corrected chi connectivity index (χ4v) is 4.87. The van der Waals surface area contributed by atoms with E-state index in [9.17, 15) is 4.79 Å². The zero-order valence-corrected chi connectivity index (χ0v) is 20.1. The van der Waals surface area contributed by atoms with Crippen LogP contribution < -0.4 is 10.1 Å². The summed E-state index contributed by atoms with van der Waals surface area (Å²) >= 11 is 1.54. The number of hydrogen-bond donors (Lipinski definition) is 1. The number of benzene rings is 3. The number of aliphatic imine (C=N–C) groups is 1. The Morgan fingerprint density at radius 2 is 1.91 bits per heavy atom. The molecule has 0 radical (unpaired) electrons. The molecule has 1 N–H and O–H groups in total. The molecule has 0 bridgehead atoms. The molecular formula is C27H25N3O3S. The van der Waals surface area contributed by atoms with Gasteiger partial charge in [0.1, 0.15) is 11.8 Å². The third-order valence-corrected chi connectivity index (χ3v) is 6.55. The van der Waals surface area contributed by atoms with Gasteiger partial charge in [-0.05, 0) is 48.4 Å². The highest BCUT2D eigenvalue weighted by Gasteiger charge is 2.33. The minimum Gasteiger partial charge on any atom is -0.496 e. The van der Waals surface area contributed by atoms with Gasteiger partial charge < -0.3 is 14.8 Å². The molecule has 3 aromatic rings. The molecule has 0 fully saturated rings. The van der Waals surface area contributed by atoms with Crippen LogP contribution in [0.15, 0.2) is 76.9 Å². The normalized spacial score (nSPS) is 15.4. The molecule has 34 heavy (non-hydrogen) atoms. The van der Waals surface area contributed by atoms with Gasteiger partial charge in [-0.3, -0.25) is 0 Å². The van der Waals surface area contributed by atoms with E-state index in [1.54, 1.807) is 37.9 Å². The molecule has 1 aliphatic rings. The number of methoxy groups -OCH3 is 1. The number of thioether (sulfide) groups is 1. The van der Waals surface area contributed by atoms with Crippen molar-refractivity contribution in [1.82, 2.24) is 5.32 Å². The van der Waals surface area contributed by atoms with Gasteiger partial charge in [0.15, 0.2) is 5.17 Å². The zero-order chi connectivity index (χ0) is 24.1. The monoisotopic (exact) mass is 471 g/mol. The number of hydrogen-bond acceptors (Lipinski definition) is 7. The highest BCUT2D eigenvalue weighted by atomic mass is 32.2. The molecular weight excluding hydrogens is 446 g/mol. The summed E-state index contributed by atoms with van der Waals surface area (Å²) in [5.74, 6) is 0.937. The number of carbonyl (C=O) groups is 1. The van der Waals surface area contributed by atoms with Crippen molar-refractivity contribution in [3.8, 4) is 11.8 Å². The van der Waals surface area contributed by atoms with Crippen molar-refractivity contribution in [2.75, 3.05) is 13.7 Å². The van der Waals surface area contributed by atoms with Crippen LogP contribution in [0.5, 0.6) is 5.75 Å². The number of fused-ring (bicyclic) bond motifs is 1. The molecule has 1 atom stereocenters. The van der Waals surface area contributed by atoms with Gasteiger partial charge in [0.05, 0.1) is 30.9 Å². The quantitative estimate of drug-likeness (QED) is 0.479. The summed E-state index contributed by atoms with van der Waals surface area (Å²) in [5, 5.41) is 15.0. The van der Waals surface area contributed by atoms with E-state index in [1.807, 2.05) is 55.5 Å². The number of nitrogens with one attached hydrogen (secondary N) is 1. The minimum absolute atomic E-state index is 0.277. The van der Waals surface area contributed by atoms with Gasteiger partial charge in [-0.15, -0.1) is 0 Å². The van der Waals surface area contributed by atoms with Crippen LogP contribution in [0.1, 0.15) is 36.6 Å². The Hall–Kier alpha value is -3.76. The molecule has 172 valence electrons. The van der Waals surface area contributed by atoms with E-state index in [1.165, 1.54) is 0 Å². The lowest BCUT2D eigenvalue weighted by Gasteiger charge is -2.27. The predicted octanol–water partition coefficient (Wildman–Crippen LogP) is 5.49. The SMILES string of the molecule is CCOC(=O)C1=C(C)NC(SCc2ccc(C#N)cc2)=N[C@H]1c1c(OC)ccc2ccccc12. The van der Waals surface area contributed by atoms with E-state index in [0.717, 1.165) is 21.9 Å². The molecule has 7 heteroatoms. The maximum Gasteiger partial charge on any atom is 0.338 e. The third-order valence-electron chi connectivity index (χ3n) is 5.60.